The number of unbranched alkanes of at least 4 members (excludes halogenated alkanes) is 1. The van der Waals surface area contributed by atoms with Crippen LogP contribution in [0.4, 0.5) is 0 Å². The van der Waals surface area contributed by atoms with Crippen molar-refractivity contribution >= 4 is 0 Å². The van der Waals surface area contributed by atoms with E-state index in [-0.39, 0.29) is 0 Å². The van der Waals surface area contributed by atoms with Gasteiger partial charge in [-0.15, -0.1) is 0 Å². The van der Waals surface area contributed by atoms with Gasteiger partial charge < -0.3 is 10.3 Å². The number of H-pyrrole nitrogens is 1. The van der Waals surface area contributed by atoms with Gasteiger partial charge in [0.1, 0.15) is 0 Å². The molecule has 2 N–H and O–H groups in total. The zero-order valence-corrected chi connectivity index (χ0v) is 7.98. The van der Waals surface area contributed by atoms with Crippen LogP contribution in [0.3, 0.4) is 0 Å². The Morgan fingerprint density at radius 3 is 2.83 bits per heavy atom. The van der Waals surface area contributed by atoms with Crippen molar-refractivity contribution in [3.63, 3.8) is 0 Å². The highest BCUT2D eigenvalue weighted by atomic mass is 14.9. The van der Waals surface area contributed by atoms with Gasteiger partial charge in [-0.2, -0.15) is 0 Å². The van der Waals surface area contributed by atoms with E-state index in [2.05, 4.69) is 36.3 Å². The fourth-order valence-electron chi connectivity index (χ4n) is 1.19. The Morgan fingerprint density at radius 1 is 1.42 bits per heavy atom. The molecule has 12 heavy (non-hydrogen) atoms. The van der Waals surface area contributed by atoms with Crippen LogP contribution in [0.2, 0.25) is 0 Å². The molecule has 2 nitrogen and oxygen atoms in total. The summed E-state index contributed by atoms with van der Waals surface area (Å²) in [4.78, 5) is 3.29. The molecule has 68 valence electrons. The summed E-state index contributed by atoms with van der Waals surface area (Å²) >= 11 is 0. The summed E-state index contributed by atoms with van der Waals surface area (Å²) in [5, 5.41) is 3.38. The van der Waals surface area contributed by atoms with Crippen molar-refractivity contribution in [1.82, 2.24) is 10.3 Å². The molecule has 0 unspecified atom stereocenters. The third-order valence-electron chi connectivity index (χ3n) is 1.91. The summed E-state index contributed by atoms with van der Waals surface area (Å²) in [6.07, 6.45) is 2.52. The van der Waals surface area contributed by atoms with Crippen molar-refractivity contribution in [1.29, 1.82) is 0 Å². The second-order valence-electron chi connectivity index (χ2n) is 3.20. The lowest BCUT2D eigenvalue weighted by atomic mass is 10.3. The van der Waals surface area contributed by atoms with Crippen LogP contribution in [0, 0.1) is 6.92 Å². The third kappa shape index (κ3) is 3.09. The van der Waals surface area contributed by atoms with Crippen LogP contribution in [-0.4, -0.2) is 11.5 Å². The second kappa shape index (κ2) is 4.99. The number of hydrogen-bond donors (Lipinski definition) is 2. The minimum absolute atomic E-state index is 0.966. The maximum absolute atomic E-state index is 3.38. The summed E-state index contributed by atoms with van der Waals surface area (Å²) in [5.41, 5.74) is 2.52. The summed E-state index contributed by atoms with van der Waals surface area (Å²) in [7, 11) is 0. The van der Waals surface area contributed by atoms with Crippen LogP contribution in [0.1, 0.15) is 31.2 Å². The Labute approximate surface area is 74.4 Å². The lowest BCUT2D eigenvalue weighted by molar-refractivity contribution is 0.634. The quantitative estimate of drug-likeness (QED) is 0.645. The van der Waals surface area contributed by atoms with Crippen molar-refractivity contribution in [2.24, 2.45) is 0 Å². The van der Waals surface area contributed by atoms with E-state index in [1.165, 1.54) is 24.2 Å². The largest absolute Gasteiger partial charge is 0.361 e. The lowest BCUT2D eigenvalue weighted by Crippen LogP contribution is -2.14. The van der Waals surface area contributed by atoms with Crippen molar-refractivity contribution in [2.45, 2.75) is 33.2 Å². The average Bonchev–Trinajstić information content (AvgIpc) is 2.45. The lowest BCUT2D eigenvalue weighted by Gasteiger charge is -2.00. The number of nitrogens with one attached hydrogen (secondary N) is 2. The predicted octanol–water partition coefficient (Wildman–Crippen LogP) is 2.21. The van der Waals surface area contributed by atoms with Crippen molar-refractivity contribution in [2.75, 3.05) is 6.54 Å². The molecule has 0 amide bonds. The zero-order chi connectivity index (χ0) is 8.81. The first-order chi connectivity index (χ1) is 5.83. The Balaban J connectivity index is 2.15. The Kier molecular flexibility index (Phi) is 3.88. The first kappa shape index (κ1) is 9.33. The molecule has 0 aliphatic carbocycles. The molecule has 0 aromatic carbocycles. The minimum Gasteiger partial charge on any atom is -0.361 e. The summed E-state index contributed by atoms with van der Waals surface area (Å²) in [6.45, 7) is 6.37. The van der Waals surface area contributed by atoms with E-state index in [1.54, 1.807) is 0 Å². The highest BCUT2D eigenvalue weighted by Crippen LogP contribution is 1.99. The summed E-state index contributed by atoms with van der Waals surface area (Å²) in [6, 6.07) is 4.24. The van der Waals surface area contributed by atoms with Crippen LogP contribution in [0.25, 0.3) is 0 Å². The molecule has 2 heteroatoms. The van der Waals surface area contributed by atoms with Gasteiger partial charge in [0.15, 0.2) is 0 Å². The first-order valence-electron chi connectivity index (χ1n) is 4.68. The van der Waals surface area contributed by atoms with Crippen LogP contribution >= 0.6 is 0 Å². The average molecular weight is 166 g/mol. The van der Waals surface area contributed by atoms with Gasteiger partial charge in [-0.05, 0) is 32.0 Å². The number of aryl methyl sites for hydroxylation is 1. The molecule has 1 rings (SSSR count). The molecule has 0 radical (unpaired) electrons. The SMILES string of the molecule is CCCCNCc1ccc(C)[nH]1. The van der Waals surface area contributed by atoms with Gasteiger partial charge in [0.2, 0.25) is 0 Å². The molecule has 0 aliphatic rings. The van der Waals surface area contributed by atoms with Gasteiger partial charge in [0.05, 0.1) is 0 Å². The van der Waals surface area contributed by atoms with Gasteiger partial charge in [-0.3, -0.25) is 0 Å². The highest BCUT2D eigenvalue weighted by Gasteiger charge is 1.93. The maximum atomic E-state index is 3.38. The summed E-state index contributed by atoms with van der Waals surface area (Å²) < 4.78 is 0. The Hall–Kier alpha value is -0.760. The molecule has 0 aliphatic heterocycles. The van der Waals surface area contributed by atoms with Crippen molar-refractivity contribution < 1.29 is 0 Å². The van der Waals surface area contributed by atoms with E-state index in [0.29, 0.717) is 0 Å². The monoisotopic (exact) mass is 166 g/mol. The third-order valence-corrected chi connectivity index (χ3v) is 1.91. The second-order valence-corrected chi connectivity index (χ2v) is 3.20. The van der Waals surface area contributed by atoms with Gasteiger partial charge in [0.25, 0.3) is 0 Å². The van der Waals surface area contributed by atoms with E-state index in [9.17, 15) is 0 Å². The van der Waals surface area contributed by atoms with Crippen molar-refractivity contribution in [3.05, 3.63) is 23.5 Å². The number of rotatable bonds is 5. The van der Waals surface area contributed by atoms with Gasteiger partial charge in [-0.1, -0.05) is 13.3 Å². The van der Waals surface area contributed by atoms with E-state index in [4.69, 9.17) is 0 Å². The molecule has 0 saturated carbocycles. The highest BCUT2D eigenvalue weighted by molar-refractivity contribution is 5.11. The molecule has 0 fully saturated rings. The van der Waals surface area contributed by atoms with E-state index < -0.39 is 0 Å². The Morgan fingerprint density at radius 2 is 2.25 bits per heavy atom. The number of aromatic amines is 1. The fourth-order valence-corrected chi connectivity index (χ4v) is 1.19. The zero-order valence-electron chi connectivity index (χ0n) is 7.98. The standard InChI is InChI=1S/C10H18N2/c1-3-4-7-11-8-10-6-5-9(2)12-10/h5-6,11-12H,3-4,7-8H2,1-2H3. The predicted molar refractivity (Wildman–Crippen MR) is 52.1 cm³/mol. The van der Waals surface area contributed by atoms with Crippen LogP contribution in [0.15, 0.2) is 12.1 Å². The Bertz CT molecular complexity index is 215. The molecule has 1 aromatic rings. The van der Waals surface area contributed by atoms with E-state index >= 15 is 0 Å². The van der Waals surface area contributed by atoms with Crippen molar-refractivity contribution in [3.8, 4) is 0 Å². The molecule has 1 aromatic heterocycles. The fraction of sp³-hybridized carbons (Fsp3) is 0.600. The number of aromatic nitrogens is 1. The number of hydrogen-bond acceptors (Lipinski definition) is 1. The molecular weight excluding hydrogens is 148 g/mol. The van der Waals surface area contributed by atoms with E-state index in [1.807, 2.05) is 0 Å². The molecule has 0 atom stereocenters. The van der Waals surface area contributed by atoms with E-state index in [0.717, 1.165) is 13.1 Å². The molecule has 1 heterocycles. The minimum atomic E-state index is 0.966. The smallest absolute Gasteiger partial charge is 0.0357 e. The van der Waals surface area contributed by atoms with Crippen LogP contribution in [-0.2, 0) is 6.54 Å². The normalized spacial score (nSPS) is 10.5. The van der Waals surface area contributed by atoms with Crippen LogP contribution < -0.4 is 5.32 Å². The van der Waals surface area contributed by atoms with Gasteiger partial charge >= 0.3 is 0 Å². The maximum Gasteiger partial charge on any atom is 0.0357 e. The topological polar surface area (TPSA) is 27.8 Å². The molecule has 0 bridgehead atoms. The molecular formula is C10H18N2. The molecule has 0 saturated heterocycles. The first-order valence-corrected chi connectivity index (χ1v) is 4.68. The summed E-state index contributed by atoms with van der Waals surface area (Å²) in [5.74, 6) is 0. The van der Waals surface area contributed by atoms with Crippen LogP contribution in [0.5, 0.6) is 0 Å². The molecule has 0 spiro atoms. The van der Waals surface area contributed by atoms with Gasteiger partial charge in [0, 0.05) is 17.9 Å². The van der Waals surface area contributed by atoms with Gasteiger partial charge in [-0.25, -0.2) is 0 Å².